The Labute approximate surface area is 133 Å². The van der Waals surface area contributed by atoms with Gasteiger partial charge in [-0.3, -0.25) is 4.31 Å². The maximum Gasteiger partial charge on any atom is 0.232 e. The van der Waals surface area contributed by atoms with Crippen LogP contribution in [0.4, 0.5) is 5.69 Å². The van der Waals surface area contributed by atoms with Gasteiger partial charge in [0.25, 0.3) is 0 Å². The molecule has 0 atom stereocenters. The van der Waals surface area contributed by atoms with Gasteiger partial charge < -0.3 is 4.52 Å². The second kappa shape index (κ2) is 5.84. The minimum absolute atomic E-state index is 0.00126. The Balaban J connectivity index is 1.99. The van der Waals surface area contributed by atoms with E-state index in [1.807, 2.05) is 6.07 Å². The first-order valence-electron chi connectivity index (χ1n) is 6.80. The molecule has 0 radical (unpaired) electrons. The largest absolute Gasteiger partial charge is 0.340 e. The average molecular weight is 333 g/mol. The van der Waals surface area contributed by atoms with E-state index >= 15 is 0 Å². The zero-order valence-corrected chi connectivity index (χ0v) is 13.4. The van der Waals surface area contributed by atoms with E-state index < -0.39 is 10.0 Å². The second-order valence-electron chi connectivity index (χ2n) is 4.97. The lowest BCUT2D eigenvalue weighted by Gasteiger charge is -2.21. The molecule has 1 aromatic carbocycles. The summed E-state index contributed by atoms with van der Waals surface area (Å²) in [6.07, 6.45) is 4.58. The van der Waals surface area contributed by atoms with E-state index in [4.69, 9.17) is 4.52 Å². The van der Waals surface area contributed by atoms with Gasteiger partial charge in [0.2, 0.25) is 15.9 Å². The molecule has 9 heteroatoms. The first-order chi connectivity index (χ1) is 10.9. The molecule has 3 aromatic rings. The fraction of sp³-hybridized carbons (Fsp3) is 0.214. The Hall–Kier alpha value is -2.68. The second-order valence-corrected chi connectivity index (χ2v) is 6.88. The number of benzene rings is 1. The summed E-state index contributed by atoms with van der Waals surface area (Å²) < 4.78 is 32.1. The predicted octanol–water partition coefficient (Wildman–Crippen LogP) is 1.53. The monoisotopic (exact) mass is 333 g/mol. The van der Waals surface area contributed by atoms with Crippen molar-refractivity contribution in [3.8, 4) is 5.69 Å². The van der Waals surface area contributed by atoms with Crippen molar-refractivity contribution in [2.24, 2.45) is 0 Å². The van der Waals surface area contributed by atoms with Crippen LogP contribution in [0.15, 0.2) is 47.2 Å². The topological polar surface area (TPSA) is 94.1 Å². The van der Waals surface area contributed by atoms with E-state index in [0.29, 0.717) is 17.4 Å². The van der Waals surface area contributed by atoms with Gasteiger partial charge in [-0.05, 0) is 24.3 Å². The van der Waals surface area contributed by atoms with Crippen LogP contribution in [0.3, 0.4) is 0 Å². The van der Waals surface area contributed by atoms with Crippen molar-refractivity contribution < 1.29 is 12.9 Å². The molecule has 0 amide bonds. The SMILES string of the molecule is Cc1nc(CN(c2cccc(-n3cccn3)c2)S(C)(=O)=O)no1. The number of sulfonamides is 1. The van der Waals surface area contributed by atoms with Gasteiger partial charge in [-0.1, -0.05) is 11.2 Å². The number of rotatable bonds is 5. The molecule has 2 aromatic heterocycles. The molecule has 0 unspecified atom stereocenters. The maximum atomic E-state index is 12.2. The molecule has 0 saturated heterocycles. The summed E-state index contributed by atoms with van der Waals surface area (Å²) in [5.41, 5.74) is 1.26. The van der Waals surface area contributed by atoms with E-state index in [-0.39, 0.29) is 6.54 Å². The highest BCUT2D eigenvalue weighted by Crippen LogP contribution is 2.22. The van der Waals surface area contributed by atoms with E-state index in [9.17, 15) is 8.42 Å². The number of hydrogen-bond donors (Lipinski definition) is 0. The van der Waals surface area contributed by atoms with Crippen LogP contribution in [0.2, 0.25) is 0 Å². The van der Waals surface area contributed by atoms with Gasteiger partial charge in [0.1, 0.15) is 0 Å². The summed E-state index contributed by atoms with van der Waals surface area (Å²) in [7, 11) is -3.51. The van der Waals surface area contributed by atoms with E-state index in [1.165, 1.54) is 4.31 Å². The molecule has 3 rings (SSSR count). The quantitative estimate of drug-likeness (QED) is 0.703. The smallest absolute Gasteiger partial charge is 0.232 e. The molecule has 0 aliphatic carbocycles. The van der Waals surface area contributed by atoms with Gasteiger partial charge in [0.05, 0.1) is 24.2 Å². The van der Waals surface area contributed by atoms with E-state index in [0.717, 1.165) is 11.9 Å². The van der Waals surface area contributed by atoms with Crippen LogP contribution in [-0.4, -0.2) is 34.6 Å². The summed E-state index contributed by atoms with van der Waals surface area (Å²) in [4.78, 5) is 4.06. The van der Waals surface area contributed by atoms with Crippen LogP contribution < -0.4 is 4.31 Å². The Morgan fingerprint density at radius 1 is 1.30 bits per heavy atom. The molecule has 120 valence electrons. The van der Waals surface area contributed by atoms with Crippen LogP contribution in [0, 0.1) is 6.92 Å². The summed E-state index contributed by atoms with van der Waals surface area (Å²) >= 11 is 0. The van der Waals surface area contributed by atoms with Crippen LogP contribution in [0.1, 0.15) is 11.7 Å². The summed E-state index contributed by atoms with van der Waals surface area (Å²) in [5, 5.41) is 7.90. The van der Waals surface area contributed by atoms with Crippen molar-refractivity contribution in [1.82, 2.24) is 19.9 Å². The number of aromatic nitrogens is 4. The number of nitrogens with zero attached hydrogens (tertiary/aromatic N) is 5. The van der Waals surface area contributed by atoms with Gasteiger partial charge in [0, 0.05) is 19.3 Å². The number of hydrogen-bond acceptors (Lipinski definition) is 6. The Morgan fingerprint density at radius 3 is 2.74 bits per heavy atom. The zero-order chi connectivity index (χ0) is 16.4. The molecular weight excluding hydrogens is 318 g/mol. The first kappa shape index (κ1) is 15.2. The van der Waals surface area contributed by atoms with Gasteiger partial charge in [-0.2, -0.15) is 10.1 Å². The standard InChI is InChI=1S/C14H15N5O3S/c1-11-16-14(17-22-11)10-19(23(2,20)21)13-6-3-5-12(9-13)18-8-4-7-15-18/h3-9H,10H2,1-2H3. The maximum absolute atomic E-state index is 12.2. The molecule has 0 aliphatic heterocycles. The molecule has 0 saturated carbocycles. The van der Waals surface area contributed by atoms with Gasteiger partial charge in [0.15, 0.2) is 5.82 Å². The Bertz CT molecular complexity index is 902. The van der Waals surface area contributed by atoms with Crippen molar-refractivity contribution >= 4 is 15.7 Å². The molecule has 0 spiro atoms. The highest BCUT2D eigenvalue weighted by atomic mass is 32.2. The summed E-state index contributed by atoms with van der Waals surface area (Å²) in [6.45, 7) is 1.65. The lowest BCUT2D eigenvalue weighted by atomic mass is 10.2. The highest BCUT2D eigenvalue weighted by molar-refractivity contribution is 7.92. The van der Waals surface area contributed by atoms with Crippen molar-refractivity contribution in [3.63, 3.8) is 0 Å². The molecule has 0 aliphatic rings. The predicted molar refractivity (Wildman–Crippen MR) is 83.6 cm³/mol. The molecule has 0 N–H and O–H groups in total. The summed E-state index contributed by atoms with van der Waals surface area (Å²) in [6, 6.07) is 8.85. The minimum Gasteiger partial charge on any atom is -0.340 e. The van der Waals surface area contributed by atoms with Crippen molar-refractivity contribution in [2.45, 2.75) is 13.5 Å². The van der Waals surface area contributed by atoms with Crippen LogP contribution >= 0.6 is 0 Å². The van der Waals surface area contributed by atoms with Crippen LogP contribution in [0.5, 0.6) is 0 Å². The number of anilines is 1. The van der Waals surface area contributed by atoms with Gasteiger partial charge >= 0.3 is 0 Å². The lowest BCUT2D eigenvalue weighted by molar-refractivity contribution is 0.387. The Morgan fingerprint density at radius 2 is 2.13 bits per heavy atom. The third kappa shape index (κ3) is 3.39. The average Bonchev–Trinajstić information content (AvgIpc) is 3.15. The number of aryl methyl sites for hydroxylation is 1. The fourth-order valence-corrected chi connectivity index (χ4v) is 2.99. The van der Waals surface area contributed by atoms with Crippen molar-refractivity contribution in [2.75, 3.05) is 10.6 Å². The highest BCUT2D eigenvalue weighted by Gasteiger charge is 2.20. The first-order valence-corrected chi connectivity index (χ1v) is 8.65. The molecule has 2 heterocycles. The molecule has 8 nitrogen and oxygen atoms in total. The van der Waals surface area contributed by atoms with Gasteiger partial charge in [-0.15, -0.1) is 0 Å². The third-order valence-corrected chi connectivity index (χ3v) is 4.28. The van der Waals surface area contributed by atoms with Gasteiger partial charge in [-0.25, -0.2) is 13.1 Å². The summed E-state index contributed by atoms with van der Waals surface area (Å²) in [5.74, 6) is 0.691. The van der Waals surface area contributed by atoms with E-state index in [1.54, 1.807) is 48.3 Å². The normalized spacial score (nSPS) is 11.6. The zero-order valence-electron chi connectivity index (χ0n) is 12.6. The van der Waals surface area contributed by atoms with Crippen LogP contribution in [0.25, 0.3) is 5.69 Å². The Kier molecular flexibility index (Phi) is 3.87. The third-order valence-electron chi connectivity index (χ3n) is 3.14. The van der Waals surface area contributed by atoms with Crippen molar-refractivity contribution in [1.29, 1.82) is 0 Å². The molecule has 23 heavy (non-hydrogen) atoms. The van der Waals surface area contributed by atoms with E-state index in [2.05, 4.69) is 15.2 Å². The molecule has 0 bridgehead atoms. The fourth-order valence-electron chi connectivity index (χ4n) is 2.15. The van der Waals surface area contributed by atoms with Crippen molar-refractivity contribution in [3.05, 3.63) is 54.4 Å². The molecular formula is C14H15N5O3S. The molecule has 0 fully saturated rings. The lowest BCUT2D eigenvalue weighted by Crippen LogP contribution is -2.29. The van der Waals surface area contributed by atoms with Crippen LogP contribution in [-0.2, 0) is 16.6 Å². The minimum atomic E-state index is -3.51.